The lowest BCUT2D eigenvalue weighted by molar-refractivity contribution is -0.161. The van der Waals surface area contributed by atoms with Crippen LogP contribution in [0.4, 0.5) is 0 Å². The van der Waals surface area contributed by atoms with Crippen molar-refractivity contribution in [3.05, 3.63) is 0 Å². The minimum absolute atomic E-state index is 0.108. The molecule has 0 radical (unpaired) electrons. The summed E-state index contributed by atoms with van der Waals surface area (Å²) in [5, 5.41) is 10.7. The molecule has 0 bridgehead atoms. The zero-order valence-electron chi connectivity index (χ0n) is 69.2. The highest BCUT2D eigenvalue weighted by Crippen LogP contribution is 2.45. The Kier molecular flexibility index (Phi) is 74.7. The van der Waals surface area contributed by atoms with E-state index in [-0.39, 0.29) is 25.7 Å². The fourth-order valence-corrected chi connectivity index (χ4v) is 14.9. The first-order chi connectivity index (χ1) is 50.8. The molecule has 19 heteroatoms. The zero-order chi connectivity index (χ0) is 77.2. The van der Waals surface area contributed by atoms with Crippen LogP contribution in [0.1, 0.15) is 453 Å². The van der Waals surface area contributed by atoms with E-state index in [1.54, 1.807) is 0 Å². The van der Waals surface area contributed by atoms with Crippen LogP contribution in [-0.2, 0) is 65.4 Å². The first-order valence-electron chi connectivity index (χ1n) is 44.4. The van der Waals surface area contributed by atoms with E-state index in [4.69, 9.17) is 37.0 Å². The third kappa shape index (κ3) is 78.5. The number of hydrogen-bond acceptors (Lipinski definition) is 15. The number of phosphoric acid groups is 2. The van der Waals surface area contributed by atoms with Gasteiger partial charge in [-0.15, -0.1) is 0 Å². The topological polar surface area (TPSA) is 237 Å². The van der Waals surface area contributed by atoms with Gasteiger partial charge in [-0.25, -0.2) is 9.13 Å². The van der Waals surface area contributed by atoms with Crippen LogP contribution in [0.25, 0.3) is 0 Å². The summed E-state index contributed by atoms with van der Waals surface area (Å²) in [6.45, 7) is 12.0. The van der Waals surface area contributed by atoms with Gasteiger partial charge in [0, 0.05) is 25.7 Å². The predicted octanol–water partition coefficient (Wildman–Crippen LogP) is 26.1. The summed E-state index contributed by atoms with van der Waals surface area (Å²) in [6.07, 6.45) is 66.7. The third-order valence-corrected chi connectivity index (χ3v) is 22.4. The van der Waals surface area contributed by atoms with Crippen molar-refractivity contribution in [2.75, 3.05) is 39.6 Å². The summed E-state index contributed by atoms with van der Waals surface area (Å²) >= 11 is 0. The Morgan fingerprint density at radius 1 is 0.276 bits per heavy atom. The number of ether oxygens (including phenoxy) is 4. The van der Waals surface area contributed by atoms with E-state index in [0.29, 0.717) is 25.7 Å². The quantitative estimate of drug-likeness (QED) is 0.0222. The lowest BCUT2D eigenvalue weighted by Gasteiger charge is -2.21. The summed E-state index contributed by atoms with van der Waals surface area (Å²) < 4.78 is 68.9. The molecule has 0 spiro atoms. The first kappa shape index (κ1) is 103. The van der Waals surface area contributed by atoms with Gasteiger partial charge in [0.1, 0.15) is 19.3 Å². The van der Waals surface area contributed by atoms with Crippen molar-refractivity contribution in [2.45, 2.75) is 471 Å². The van der Waals surface area contributed by atoms with Crippen molar-refractivity contribution in [2.24, 2.45) is 17.8 Å². The Bertz CT molecular complexity index is 2030. The van der Waals surface area contributed by atoms with Crippen LogP contribution in [0.5, 0.6) is 0 Å². The molecule has 0 saturated heterocycles. The Hall–Kier alpha value is -1.94. The fourth-order valence-electron chi connectivity index (χ4n) is 13.3. The Morgan fingerprint density at radius 3 is 0.724 bits per heavy atom. The van der Waals surface area contributed by atoms with E-state index in [1.807, 2.05) is 0 Å². The number of aliphatic hydroxyl groups excluding tert-OH is 1. The van der Waals surface area contributed by atoms with Crippen LogP contribution >= 0.6 is 15.6 Å². The van der Waals surface area contributed by atoms with Crippen molar-refractivity contribution < 1.29 is 80.2 Å². The van der Waals surface area contributed by atoms with E-state index >= 15 is 0 Å². The number of carbonyl (C=O) groups is 4. The molecule has 0 aromatic carbocycles. The highest BCUT2D eigenvalue weighted by atomic mass is 31.2. The van der Waals surface area contributed by atoms with Crippen molar-refractivity contribution in [3.8, 4) is 0 Å². The molecule has 0 amide bonds. The van der Waals surface area contributed by atoms with Crippen molar-refractivity contribution >= 4 is 39.5 Å². The molecule has 105 heavy (non-hydrogen) atoms. The first-order valence-corrected chi connectivity index (χ1v) is 47.4. The highest BCUT2D eigenvalue weighted by Gasteiger charge is 2.30. The number of phosphoric ester groups is 2. The van der Waals surface area contributed by atoms with Gasteiger partial charge in [-0.05, 0) is 43.4 Å². The summed E-state index contributed by atoms with van der Waals surface area (Å²) in [6, 6.07) is 0. The minimum Gasteiger partial charge on any atom is -0.462 e. The second-order valence-electron chi connectivity index (χ2n) is 32.1. The summed E-state index contributed by atoms with van der Waals surface area (Å²) in [5.41, 5.74) is 0. The molecule has 0 aliphatic carbocycles. The molecule has 3 unspecified atom stereocenters. The van der Waals surface area contributed by atoms with E-state index in [2.05, 4.69) is 48.5 Å². The standard InChI is InChI=1S/C86H168O17P2/c1-8-10-11-12-13-14-15-16-17-18-19-25-31-36-41-46-55-63-70-86(91)103-82(74-97-84(89)68-61-54-49-48-52-59-66-79(7)9-2)76-101-105(94,95)99-72-80(87)71-98-104(92,93)100-75-81(73-96-83(88)67-60-53-45-40-35-30-27-22-24-29-34-39-44-51-58-65-78(5)6)102-85(90)69-62-56-47-42-37-32-26-21-20-23-28-33-38-43-50-57-64-77(3)4/h77-82,87H,8-76H2,1-7H3,(H,92,93)(H,94,95)/t79?,80-,81-,82-/m1/s1. The van der Waals surface area contributed by atoms with Crippen molar-refractivity contribution in [1.29, 1.82) is 0 Å². The van der Waals surface area contributed by atoms with E-state index < -0.39 is 97.5 Å². The van der Waals surface area contributed by atoms with E-state index in [9.17, 15) is 43.2 Å². The number of carbonyl (C=O) groups excluding carboxylic acids is 4. The zero-order valence-corrected chi connectivity index (χ0v) is 71.0. The molecule has 0 heterocycles. The van der Waals surface area contributed by atoms with Crippen LogP contribution in [0, 0.1) is 17.8 Å². The average molecular weight is 1540 g/mol. The fraction of sp³-hybridized carbons (Fsp3) is 0.953. The second kappa shape index (κ2) is 76.1. The summed E-state index contributed by atoms with van der Waals surface area (Å²) in [7, 11) is -9.93. The normalized spacial score (nSPS) is 14.1. The van der Waals surface area contributed by atoms with Crippen LogP contribution in [-0.4, -0.2) is 96.7 Å². The molecular weight excluding hydrogens is 1370 g/mol. The maximum absolute atomic E-state index is 13.1. The number of hydrogen-bond donors (Lipinski definition) is 3. The van der Waals surface area contributed by atoms with Gasteiger partial charge in [-0.2, -0.15) is 0 Å². The maximum Gasteiger partial charge on any atom is 0.472 e. The monoisotopic (exact) mass is 1540 g/mol. The van der Waals surface area contributed by atoms with Crippen molar-refractivity contribution in [1.82, 2.24) is 0 Å². The molecule has 3 N–H and O–H groups in total. The number of esters is 4. The number of aliphatic hydroxyl groups is 1. The summed E-state index contributed by atoms with van der Waals surface area (Å²) in [4.78, 5) is 73.2. The second-order valence-corrected chi connectivity index (χ2v) is 35.0. The molecule has 0 aromatic rings. The number of unbranched alkanes of at least 4 members (excludes halogenated alkanes) is 51. The Morgan fingerprint density at radius 2 is 0.486 bits per heavy atom. The average Bonchev–Trinajstić information content (AvgIpc) is 1.71. The van der Waals surface area contributed by atoms with Gasteiger partial charge < -0.3 is 33.8 Å². The van der Waals surface area contributed by atoms with Crippen LogP contribution < -0.4 is 0 Å². The highest BCUT2D eigenvalue weighted by molar-refractivity contribution is 7.47. The molecule has 0 rings (SSSR count). The smallest absolute Gasteiger partial charge is 0.462 e. The molecule has 624 valence electrons. The van der Waals surface area contributed by atoms with Gasteiger partial charge >= 0.3 is 39.5 Å². The molecule has 0 saturated carbocycles. The van der Waals surface area contributed by atoms with Gasteiger partial charge in [0.25, 0.3) is 0 Å². The van der Waals surface area contributed by atoms with E-state index in [1.165, 1.54) is 257 Å². The minimum atomic E-state index is -4.97. The summed E-state index contributed by atoms with van der Waals surface area (Å²) in [5.74, 6) is 0.241. The van der Waals surface area contributed by atoms with Crippen LogP contribution in [0.15, 0.2) is 0 Å². The van der Waals surface area contributed by atoms with Gasteiger partial charge in [-0.1, -0.05) is 402 Å². The predicted molar refractivity (Wildman–Crippen MR) is 432 cm³/mol. The molecule has 0 aromatic heterocycles. The maximum atomic E-state index is 13.1. The third-order valence-electron chi connectivity index (χ3n) is 20.5. The Balaban J connectivity index is 5.24. The lowest BCUT2D eigenvalue weighted by Crippen LogP contribution is -2.30. The van der Waals surface area contributed by atoms with Crippen LogP contribution in [0.2, 0.25) is 0 Å². The SMILES string of the molecule is CCCCCCCCCCCCCCCCCCCCC(=O)O[C@H](COC(=O)CCCCCCCCC(C)CC)COP(=O)(O)OC[C@H](O)COP(=O)(O)OC[C@@H](COC(=O)CCCCCCCCCCCCCCCCCC(C)C)OC(=O)CCCCCCCCCCCCCCCCCCC(C)C. The Labute approximate surface area is 645 Å². The number of rotatable bonds is 84. The van der Waals surface area contributed by atoms with Crippen molar-refractivity contribution in [3.63, 3.8) is 0 Å². The van der Waals surface area contributed by atoms with Gasteiger partial charge in [0.05, 0.1) is 26.4 Å². The molecule has 17 nitrogen and oxygen atoms in total. The lowest BCUT2D eigenvalue weighted by atomic mass is 10.00. The van der Waals surface area contributed by atoms with Gasteiger partial charge in [0.15, 0.2) is 12.2 Å². The van der Waals surface area contributed by atoms with Gasteiger partial charge in [0.2, 0.25) is 0 Å². The van der Waals surface area contributed by atoms with Gasteiger partial charge in [-0.3, -0.25) is 37.3 Å². The molecule has 0 aliphatic rings. The molecular formula is C86H168O17P2. The molecule has 0 fully saturated rings. The van der Waals surface area contributed by atoms with E-state index in [0.717, 1.165) is 114 Å². The van der Waals surface area contributed by atoms with Crippen LogP contribution in [0.3, 0.4) is 0 Å². The molecule has 6 atom stereocenters. The molecule has 0 aliphatic heterocycles. The largest absolute Gasteiger partial charge is 0.472 e.